The first-order chi connectivity index (χ1) is 10.7. The highest BCUT2D eigenvalue weighted by atomic mass is 16.5. The number of amides is 1. The molecule has 22 heavy (non-hydrogen) atoms. The van der Waals surface area contributed by atoms with Crippen LogP contribution in [0.2, 0.25) is 0 Å². The van der Waals surface area contributed by atoms with E-state index in [1.807, 2.05) is 25.1 Å². The molecule has 0 spiro atoms. The van der Waals surface area contributed by atoms with Gasteiger partial charge in [-0.25, -0.2) is 0 Å². The molecule has 1 amide bonds. The Hall–Kier alpha value is -1.39. The highest BCUT2D eigenvalue weighted by molar-refractivity contribution is 5.80. The fourth-order valence-corrected chi connectivity index (χ4v) is 2.87. The van der Waals surface area contributed by atoms with E-state index in [0.29, 0.717) is 25.0 Å². The average molecular weight is 303 g/mol. The van der Waals surface area contributed by atoms with Crippen molar-refractivity contribution in [1.82, 2.24) is 5.32 Å². The van der Waals surface area contributed by atoms with Gasteiger partial charge in [-0.05, 0) is 37.7 Å². The number of ether oxygens (including phenoxy) is 2. The van der Waals surface area contributed by atoms with Gasteiger partial charge in [-0.3, -0.25) is 4.79 Å². The van der Waals surface area contributed by atoms with E-state index >= 15 is 0 Å². The number of benzene rings is 1. The molecule has 1 N–H and O–H groups in total. The van der Waals surface area contributed by atoms with E-state index in [2.05, 4.69) is 17.4 Å². The third kappa shape index (κ3) is 4.08. The van der Waals surface area contributed by atoms with Crippen molar-refractivity contribution in [3.05, 3.63) is 35.9 Å². The maximum atomic E-state index is 12.1. The molecule has 0 bridgehead atoms. The molecule has 0 aromatic heterocycles. The average Bonchev–Trinajstić information content (AvgIpc) is 3.27. The Balaban J connectivity index is 1.46. The van der Waals surface area contributed by atoms with Crippen molar-refractivity contribution in [1.29, 1.82) is 0 Å². The Morgan fingerprint density at radius 2 is 2.09 bits per heavy atom. The van der Waals surface area contributed by atoms with Crippen LogP contribution in [0.15, 0.2) is 30.3 Å². The van der Waals surface area contributed by atoms with Crippen LogP contribution < -0.4 is 5.32 Å². The van der Waals surface area contributed by atoms with E-state index in [9.17, 15) is 4.79 Å². The smallest absolute Gasteiger partial charge is 0.248 e. The summed E-state index contributed by atoms with van der Waals surface area (Å²) in [4.78, 5) is 12.1. The van der Waals surface area contributed by atoms with Crippen LogP contribution in [0.5, 0.6) is 0 Å². The zero-order chi connectivity index (χ0) is 15.4. The minimum Gasteiger partial charge on any atom is -0.373 e. The minimum atomic E-state index is -0.363. The van der Waals surface area contributed by atoms with Gasteiger partial charge >= 0.3 is 0 Å². The molecule has 0 unspecified atom stereocenters. The maximum Gasteiger partial charge on any atom is 0.248 e. The minimum absolute atomic E-state index is 0.0145. The second-order valence-electron chi connectivity index (χ2n) is 6.41. The molecule has 2 fully saturated rings. The molecule has 1 aliphatic carbocycles. The molecular formula is C18H25NO3. The van der Waals surface area contributed by atoms with Crippen molar-refractivity contribution >= 4 is 5.91 Å². The van der Waals surface area contributed by atoms with Gasteiger partial charge in [0, 0.05) is 19.1 Å². The molecule has 1 heterocycles. The van der Waals surface area contributed by atoms with E-state index in [1.54, 1.807) is 0 Å². The number of carbonyl (C=O) groups is 1. The van der Waals surface area contributed by atoms with Gasteiger partial charge in [0.05, 0.1) is 12.7 Å². The predicted molar refractivity (Wildman–Crippen MR) is 84.4 cm³/mol. The fourth-order valence-electron chi connectivity index (χ4n) is 2.87. The highest BCUT2D eigenvalue weighted by Gasteiger charge is 2.30. The van der Waals surface area contributed by atoms with Gasteiger partial charge in [0.15, 0.2) is 0 Å². The summed E-state index contributed by atoms with van der Waals surface area (Å²) < 4.78 is 11.5. The quantitative estimate of drug-likeness (QED) is 0.842. The Kier molecular flexibility index (Phi) is 5.11. The van der Waals surface area contributed by atoms with Crippen LogP contribution in [0.4, 0.5) is 0 Å². The van der Waals surface area contributed by atoms with E-state index < -0.39 is 0 Å². The number of rotatable bonds is 7. The van der Waals surface area contributed by atoms with E-state index in [0.717, 1.165) is 13.0 Å². The van der Waals surface area contributed by atoms with Crippen LogP contribution in [0.1, 0.15) is 37.9 Å². The summed E-state index contributed by atoms with van der Waals surface area (Å²) in [5.74, 6) is 1.00. The lowest BCUT2D eigenvalue weighted by Gasteiger charge is -2.20. The lowest BCUT2D eigenvalue weighted by atomic mass is 9.95. The maximum absolute atomic E-state index is 12.1. The lowest BCUT2D eigenvalue weighted by molar-refractivity contribution is -0.132. The first kappa shape index (κ1) is 15.5. The number of hydrogen-bond acceptors (Lipinski definition) is 3. The Morgan fingerprint density at radius 3 is 2.82 bits per heavy atom. The summed E-state index contributed by atoms with van der Waals surface area (Å²) >= 11 is 0. The molecular weight excluding hydrogens is 278 g/mol. The van der Waals surface area contributed by atoms with Crippen LogP contribution in [-0.4, -0.2) is 31.8 Å². The number of hydrogen-bond donors (Lipinski definition) is 1. The SMILES string of the molecule is C[C@H](OCC1CC1)C(=O)NC[C@H]1CCO[C@@H]1c1ccccc1. The first-order valence-electron chi connectivity index (χ1n) is 8.30. The van der Waals surface area contributed by atoms with E-state index in [4.69, 9.17) is 9.47 Å². The third-order valence-electron chi connectivity index (χ3n) is 4.53. The van der Waals surface area contributed by atoms with Gasteiger partial charge in [0.25, 0.3) is 0 Å². The van der Waals surface area contributed by atoms with Gasteiger partial charge in [0.1, 0.15) is 6.10 Å². The molecule has 120 valence electrons. The van der Waals surface area contributed by atoms with Crippen molar-refractivity contribution in [2.75, 3.05) is 19.8 Å². The van der Waals surface area contributed by atoms with Gasteiger partial charge in [-0.1, -0.05) is 30.3 Å². The van der Waals surface area contributed by atoms with Crippen molar-refractivity contribution < 1.29 is 14.3 Å². The van der Waals surface area contributed by atoms with Gasteiger partial charge < -0.3 is 14.8 Å². The highest BCUT2D eigenvalue weighted by Crippen LogP contribution is 2.34. The Labute approximate surface area is 132 Å². The summed E-state index contributed by atoms with van der Waals surface area (Å²) in [6.45, 7) is 3.95. The zero-order valence-corrected chi connectivity index (χ0v) is 13.2. The van der Waals surface area contributed by atoms with Crippen LogP contribution in [0.3, 0.4) is 0 Å². The predicted octanol–water partition coefficient (Wildman–Crippen LogP) is 2.70. The summed E-state index contributed by atoms with van der Waals surface area (Å²) in [6, 6.07) is 10.2. The molecule has 3 atom stereocenters. The molecule has 1 saturated carbocycles. The van der Waals surface area contributed by atoms with Crippen LogP contribution >= 0.6 is 0 Å². The molecule has 4 heteroatoms. The summed E-state index contributed by atoms with van der Waals surface area (Å²) in [6.07, 6.45) is 3.19. The fraction of sp³-hybridized carbons (Fsp3) is 0.611. The van der Waals surface area contributed by atoms with Gasteiger partial charge in [-0.2, -0.15) is 0 Å². The zero-order valence-electron chi connectivity index (χ0n) is 13.2. The number of nitrogens with one attached hydrogen (secondary N) is 1. The molecule has 1 saturated heterocycles. The van der Waals surface area contributed by atoms with Crippen molar-refractivity contribution in [2.45, 2.75) is 38.4 Å². The molecule has 4 nitrogen and oxygen atoms in total. The second kappa shape index (κ2) is 7.25. The first-order valence-corrected chi connectivity index (χ1v) is 8.30. The topological polar surface area (TPSA) is 47.6 Å². The van der Waals surface area contributed by atoms with Crippen LogP contribution in [0.25, 0.3) is 0 Å². The summed E-state index contributed by atoms with van der Waals surface area (Å²) in [7, 11) is 0. The molecule has 3 rings (SSSR count). The second-order valence-corrected chi connectivity index (χ2v) is 6.41. The van der Waals surface area contributed by atoms with Crippen LogP contribution in [0, 0.1) is 11.8 Å². The van der Waals surface area contributed by atoms with Crippen LogP contribution in [-0.2, 0) is 14.3 Å². The van der Waals surface area contributed by atoms with E-state index in [-0.39, 0.29) is 18.1 Å². The summed E-state index contributed by atoms with van der Waals surface area (Å²) in [5.41, 5.74) is 1.19. The standard InChI is InChI=1S/C18H25NO3/c1-13(22-12-14-7-8-14)18(20)19-11-16-9-10-21-17(16)15-5-3-2-4-6-15/h2-6,13-14,16-17H,7-12H2,1H3,(H,19,20)/t13-,16+,17+/m0/s1. The van der Waals surface area contributed by atoms with Gasteiger partial charge in [-0.15, -0.1) is 0 Å². The lowest BCUT2D eigenvalue weighted by Crippen LogP contribution is -2.38. The largest absolute Gasteiger partial charge is 0.373 e. The monoisotopic (exact) mass is 303 g/mol. The number of carbonyl (C=O) groups excluding carboxylic acids is 1. The molecule has 1 aromatic rings. The van der Waals surface area contributed by atoms with Crippen molar-refractivity contribution in [3.8, 4) is 0 Å². The van der Waals surface area contributed by atoms with Crippen molar-refractivity contribution in [2.24, 2.45) is 11.8 Å². The van der Waals surface area contributed by atoms with Crippen molar-refractivity contribution in [3.63, 3.8) is 0 Å². The molecule has 1 aromatic carbocycles. The third-order valence-corrected chi connectivity index (χ3v) is 4.53. The summed E-state index contributed by atoms with van der Waals surface area (Å²) in [5, 5.41) is 3.02. The van der Waals surface area contributed by atoms with E-state index in [1.165, 1.54) is 18.4 Å². The molecule has 0 radical (unpaired) electrons. The van der Waals surface area contributed by atoms with Gasteiger partial charge in [0.2, 0.25) is 5.91 Å². The normalized spacial score (nSPS) is 25.9. The molecule has 1 aliphatic heterocycles. The molecule has 2 aliphatic rings. The Morgan fingerprint density at radius 1 is 1.32 bits per heavy atom. The Bertz CT molecular complexity index is 486.